The lowest BCUT2D eigenvalue weighted by Crippen LogP contribution is -2.31. The molecule has 2 rings (SSSR count). The molecule has 2 N–H and O–H groups in total. The van der Waals surface area contributed by atoms with Gasteiger partial charge in [0.25, 0.3) is 0 Å². The zero-order chi connectivity index (χ0) is 15.2. The molecule has 0 fully saturated rings. The second kappa shape index (κ2) is 7.28. The molecular weight excluding hydrogens is 286 g/mol. The summed E-state index contributed by atoms with van der Waals surface area (Å²) in [5.74, 6) is -0.0302. The SMILES string of the molecule is CNC(=O)[C@H](Cc1ccccc1)Sc1ncc(CO)n1C. The van der Waals surface area contributed by atoms with Gasteiger partial charge in [0.2, 0.25) is 5.91 Å². The fraction of sp³-hybridized carbons (Fsp3) is 0.333. The van der Waals surface area contributed by atoms with E-state index in [2.05, 4.69) is 10.3 Å². The van der Waals surface area contributed by atoms with Gasteiger partial charge in [-0.05, 0) is 12.0 Å². The van der Waals surface area contributed by atoms with Crippen molar-refractivity contribution in [3.8, 4) is 0 Å². The van der Waals surface area contributed by atoms with Gasteiger partial charge in [0, 0.05) is 14.1 Å². The number of carbonyl (C=O) groups excluding carboxylic acids is 1. The molecule has 1 heterocycles. The normalized spacial score (nSPS) is 12.1. The molecule has 2 aromatic rings. The number of nitrogens with zero attached hydrogens (tertiary/aromatic N) is 2. The summed E-state index contributed by atoms with van der Waals surface area (Å²) in [4.78, 5) is 16.4. The minimum atomic E-state index is -0.259. The van der Waals surface area contributed by atoms with Crippen LogP contribution in [0.2, 0.25) is 0 Å². The van der Waals surface area contributed by atoms with Gasteiger partial charge in [0.05, 0.1) is 23.7 Å². The third-order valence-electron chi connectivity index (χ3n) is 3.25. The van der Waals surface area contributed by atoms with Gasteiger partial charge in [-0.25, -0.2) is 4.98 Å². The zero-order valence-electron chi connectivity index (χ0n) is 12.1. The van der Waals surface area contributed by atoms with E-state index in [9.17, 15) is 9.90 Å². The van der Waals surface area contributed by atoms with Crippen LogP contribution in [0.25, 0.3) is 0 Å². The predicted molar refractivity (Wildman–Crippen MR) is 83.0 cm³/mol. The maximum Gasteiger partial charge on any atom is 0.233 e. The van der Waals surface area contributed by atoms with Crippen LogP contribution in [0.15, 0.2) is 41.7 Å². The van der Waals surface area contributed by atoms with Crippen molar-refractivity contribution >= 4 is 17.7 Å². The third-order valence-corrected chi connectivity index (χ3v) is 4.51. The number of aliphatic hydroxyl groups is 1. The fourth-order valence-corrected chi connectivity index (χ4v) is 3.13. The average molecular weight is 305 g/mol. The van der Waals surface area contributed by atoms with E-state index in [1.54, 1.807) is 13.2 Å². The predicted octanol–water partition coefficient (Wildman–Crippen LogP) is 1.36. The molecule has 112 valence electrons. The first-order valence-corrected chi connectivity index (χ1v) is 7.57. The molecule has 0 radical (unpaired) electrons. The Morgan fingerprint density at radius 3 is 2.71 bits per heavy atom. The number of thioether (sulfide) groups is 1. The smallest absolute Gasteiger partial charge is 0.233 e. The molecule has 5 nitrogen and oxygen atoms in total. The number of imidazole rings is 1. The maximum absolute atomic E-state index is 12.1. The van der Waals surface area contributed by atoms with Gasteiger partial charge < -0.3 is 15.0 Å². The molecule has 1 aromatic heterocycles. The Morgan fingerprint density at radius 2 is 2.14 bits per heavy atom. The minimum Gasteiger partial charge on any atom is -0.390 e. The van der Waals surface area contributed by atoms with Gasteiger partial charge in [-0.15, -0.1) is 0 Å². The molecule has 21 heavy (non-hydrogen) atoms. The largest absolute Gasteiger partial charge is 0.390 e. The number of rotatable bonds is 6. The summed E-state index contributed by atoms with van der Waals surface area (Å²) in [6.07, 6.45) is 2.26. The topological polar surface area (TPSA) is 67.2 Å². The van der Waals surface area contributed by atoms with Crippen LogP contribution in [0.1, 0.15) is 11.3 Å². The van der Waals surface area contributed by atoms with Crippen LogP contribution in [0.4, 0.5) is 0 Å². The maximum atomic E-state index is 12.1. The van der Waals surface area contributed by atoms with Crippen LogP contribution in [0.5, 0.6) is 0 Å². The molecule has 0 saturated heterocycles. The standard InChI is InChI=1S/C15H19N3O2S/c1-16-14(20)13(8-11-6-4-3-5-7-11)21-15-17-9-12(10-19)18(15)2/h3-7,9,13,19H,8,10H2,1-2H3,(H,16,20)/t13-/m0/s1. The van der Waals surface area contributed by atoms with Crippen LogP contribution in [0, 0.1) is 0 Å². The third kappa shape index (κ3) is 3.86. The van der Waals surface area contributed by atoms with Crippen molar-refractivity contribution in [3.63, 3.8) is 0 Å². The first kappa shape index (κ1) is 15.6. The van der Waals surface area contributed by atoms with Gasteiger partial charge in [-0.1, -0.05) is 42.1 Å². The van der Waals surface area contributed by atoms with Gasteiger partial charge in [0.1, 0.15) is 0 Å². The number of amides is 1. The summed E-state index contributed by atoms with van der Waals surface area (Å²) >= 11 is 1.41. The lowest BCUT2D eigenvalue weighted by molar-refractivity contribution is -0.120. The lowest BCUT2D eigenvalue weighted by Gasteiger charge is -2.15. The van der Waals surface area contributed by atoms with Crippen molar-refractivity contribution in [2.45, 2.75) is 23.4 Å². The molecule has 6 heteroatoms. The molecule has 0 aliphatic carbocycles. The monoisotopic (exact) mass is 305 g/mol. The molecule has 0 unspecified atom stereocenters. The van der Waals surface area contributed by atoms with Crippen LogP contribution in [-0.2, 0) is 24.9 Å². The Morgan fingerprint density at radius 1 is 1.43 bits per heavy atom. The van der Waals surface area contributed by atoms with Gasteiger partial charge in [-0.3, -0.25) is 4.79 Å². The molecule has 0 aliphatic heterocycles. The highest BCUT2D eigenvalue weighted by Crippen LogP contribution is 2.25. The summed E-state index contributed by atoms with van der Waals surface area (Å²) < 4.78 is 1.81. The molecule has 1 atom stereocenters. The van der Waals surface area contributed by atoms with Crippen molar-refractivity contribution in [1.82, 2.24) is 14.9 Å². The average Bonchev–Trinajstić information content (AvgIpc) is 2.87. The Balaban J connectivity index is 2.16. The van der Waals surface area contributed by atoms with E-state index in [1.807, 2.05) is 41.9 Å². The molecule has 0 bridgehead atoms. The number of hydrogen-bond acceptors (Lipinski definition) is 4. The number of hydrogen-bond donors (Lipinski definition) is 2. The summed E-state index contributed by atoms with van der Waals surface area (Å²) in [7, 11) is 3.47. The van der Waals surface area contributed by atoms with Gasteiger partial charge >= 0.3 is 0 Å². The summed E-state index contributed by atoms with van der Waals surface area (Å²) in [6.45, 7) is -0.0621. The van der Waals surface area contributed by atoms with Gasteiger partial charge in [-0.2, -0.15) is 0 Å². The van der Waals surface area contributed by atoms with E-state index in [-0.39, 0.29) is 17.8 Å². The molecule has 0 aliphatic rings. The minimum absolute atomic E-state index is 0.0302. The van der Waals surface area contributed by atoms with E-state index >= 15 is 0 Å². The second-order valence-corrected chi connectivity index (χ2v) is 5.83. The van der Waals surface area contributed by atoms with Crippen LogP contribution in [0.3, 0.4) is 0 Å². The Bertz CT molecular complexity index is 598. The Labute approximate surface area is 128 Å². The van der Waals surface area contributed by atoms with E-state index in [1.165, 1.54) is 11.8 Å². The Kier molecular flexibility index (Phi) is 5.41. The molecule has 1 amide bonds. The van der Waals surface area contributed by atoms with E-state index in [0.717, 1.165) is 16.4 Å². The van der Waals surface area contributed by atoms with Crippen molar-refractivity contribution in [3.05, 3.63) is 47.8 Å². The quantitative estimate of drug-likeness (QED) is 0.791. The number of benzene rings is 1. The zero-order valence-corrected chi connectivity index (χ0v) is 12.9. The summed E-state index contributed by atoms with van der Waals surface area (Å²) in [6, 6.07) is 9.90. The van der Waals surface area contributed by atoms with Crippen LogP contribution in [-0.4, -0.2) is 32.9 Å². The highest BCUT2D eigenvalue weighted by molar-refractivity contribution is 8.00. The van der Waals surface area contributed by atoms with Gasteiger partial charge in [0.15, 0.2) is 5.16 Å². The number of aromatic nitrogens is 2. The molecule has 0 spiro atoms. The second-order valence-electron chi connectivity index (χ2n) is 4.66. The summed E-state index contributed by atoms with van der Waals surface area (Å²) in [5, 5.41) is 12.4. The van der Waals surface area contributed by atoms with Crippen LogP contribution < -0.4 is 5.32 Å². The highest BCUT2D eigenvalue weighted by atomic mass is 32.2. The molecule has 1 aromatic carbocycles. The van der Waals surface area contributed by atoms with Crippen molar-refractivity contribution in [2.75, 3.05) is 7.05 Å². The number of nitrogens with one attached hydrogen (secondary N) is 1. The van der Waals surface area contributed by atoms with E-state index in [0.29, 0.717) is 6.42 Å². The van der Waals surface area contributed by atoms with E-state index in [4.69, 9.17) is 0 Å². The Hall–Kier alpha value is -1.79. The van der Waals surface area contributed by atoms with E-state index < -0.39 is 0 Å². The molecule has 0 saturated carbocycles. The first-order valence-electron chi connectivity index (χ1n) is 6.69. The number of aliphatic hydroxyl groups excluding tert-OH is 1. The van der Waals surface area contributed by atoms with Crippen molar-refractivity contribution in [1.29, 1.82) is 0 Å². The van der Waals surface area contributed by atoms with Crippen molar-refractivity contribution < 1.29 is 9.90 Å². The van der Waals surface area contributed by atoms with Crippen LogP contribution >= 0.6 is 11.8 Å². The highest BCUT2D eigenvalue weighted by Gasteiger charge is 2.22. The number of carbonyl (C=O) groups is 1. The molecular formula is C15H19N3O2S. The lowest BCUT2D eigenvalue weighted by atomic mass is 10.1. The fourth-order valence-electron chi connectivity index (χ4n) is 1.99. The van der Waals surface area contributed by atoms with Crippen molar-refractivity contribution in [2.24, 2.45) is 7.05 Å². The summed E-state index contributed by atoms with van der Waals surface area (Å²) in [5.41, 5.74) is 1.84. The first-order chi connectivity index (χ1) is 10.2.